The van der Waals surface area contributed by atoms with Gasteiger partial charge in [0.05, 0.1) is 0 Å². The van der Waals surface area contributed by atoms with Crippen LogP contribution >= 0.6 is 22.9 Å². The Morgan fingerprint density at radius 3 is 2.57 bits per heavy atom. The predicted molar refractivity (Wildman–Crippen MR) is 121 cm³/mol. The van der Waals surface area contributed by atoms with Gasteiger partial charge in [0, 0.05) is 40.5 Å². The number of Topliss-reactive ketones (excluding diaryl/α,β-unsaturated/α-hetero) is 2. The minimum atomic E-state index is -0.783. The molecule has 2 aromatic rings. The summed E-state index contributed by atoms with van der Waals surface area (Å²) in [6, 6.07) is 11.6. The molecule has 0 radical (unpaired) electrons. The van der Waals surface area contributed by atoms with Crippen LogP contribution < -0.4 is 5.73 Å². The standard InChI is InChI=1S/C24H28ClNO3S/c1-24(11-10-16-4-7-18(25)8-5-16)15-19(27)13-17(6-9-20-3-2-12-30-20)21(23(24)29)14-22(26)28/h2-5,7-8,12,17,21H,6,9-11,13-15H2,1H3,(H2,26,28). The SMILES string of the molecule is CC1(CCc2ccc(Cl)cc2)CC(=O)CC(CCc2cccs2)C(CC(N)=O)C1=O. The average molecular weight is 446 g/mol. The molecule has 3 unspecified atom stereocenters. The Bertz CT molecular complexity index is 894. The van der Waals surface area contributed by atoms with Crippen LogP contribution in [-0.4, -0.2) is 17.5 Å². The fourth-order valence-corrected chi connectivity index (χ4v) is 5.39. The lowest BCUT2D eigenvalue weighted by molar-refractivity contribution is -0.137. The van der Waals surface area contributed by atoms with Gasteiger partial charge in [0.2, 0.25) is 5.91 Å². The zero-order valence-corrected chi connectivity index (χ0v) is 18.8. The van der Waals surface area contributed by atoms with E-state index in [1.807, 2.05) is 42.6 Å². The highest BCUT2D eigenvalue weighted by Crippen LogP contribution is 2.42. The van der Waals surface area contributed by atoms with E-state index in [0.717, 1.165) is 12.0 Å². The van der Waals surface area contributed by atoms with Gasteiger partial charge in [-0.25, -0.2) is 0 Å². The highest BCUT2D eigenvalue weighted by Gasteiger charge is 2.45. The van der Waals surface area contributed by atoms with E-state index in [2.05, 4.69) is 6.07 Å². The van der Waals surface area contributed by atoms with Crippen molar-refractivity contribution in [3.8, 4) is 0 Å². The van der Waals surface area contributed by atoms with E-state index in [-0.39, 0.29) is 30.3 Å². The molecule has 1 aromatic heterocycles. The summed E-state index contributed by atoms with van der Waals surface area (Å²) in [5.74, 6) is -1.01. The van der Waals surface area contributed by atoms with E-state index >= 15 is 0 Å². The molecule has 1 aromatic carbocycles. The summed E-state index contributed by atoms with van der Waals surface area (Å²) in [6.45, 7) is 1.87. The van der Waals surface area contributed by atoms with E-state index in [0.29, 0.717) is 30.7 Å². The van der Waals surface area contributed by atoms with Crippen LogP contribution in [0, 0.1) is 17.3 Å². The number of halogens is 1. The molecule has 2 N–H and O–H groups in total. The molecule has 1 aliphatic rings. The molecule has 4 nitrogen and oxygen atoms in total. The van der Waals surface area contributed by atoms with Crippen molar-refractivity contribution in [2.75, 3.05) is 0 Å². The summed E-state index contributed by atoms with van der Waals surface area (Å²) in [5, 5.41) is 2.69. The normalized spacial score (nSPS) is 24.6. The molecule has 0 saturated heterocycles. The maximum atomic E-state index is 13.6. The first-order valence-electron chi connectivity index (χ1n) is 10.4. The molecule has 1 heterocycles. The van der Waals surface area contributed by atoms with Crippen LogP contribution in [0.4, 0.5) is 0 Å². The second-order valence-corrected chi connectivity index (χ2v) is 10.1. The molecule has 0 bridgehead atoms. The maximum absolute atomic E-state index is 13.6. The van der Waals surface area contributed by atoms with Crippen LogP contribution in [0.1, 0.15) is 49.5 Å². The fraction of sp³-hybridized carbons (Fsp3) is 0.458. The number of ketones is 2. The molecule has 0 aliphatic heterocycles. The van der Waals surface area contributed by atoms with Crippen molar-refractivity contribution in [1.29, 1.82) is 0 Å². The number of nitrogens with two attached hydrogens (primary N) is 1. The molecule has 6 heteroatoms. The number of carbonyl (C=O) groups is 3. The van der Waals surface area contributed by atoms with Gasteiger partial charge in [-0.15, -0.1) is 11.3 Å². The van der Waals surface area contributed by atoms with E-state index in [1.165, 1.54) is 4.88 Å². The minimum Gasteiger partial charge on any atom is -0.370 e. The van der Waals surface area contributed by atoms with Crippen LogP contribution in [-0.2, 0) is 27.2 Å². The molecular formula is C24H28ClNO3S. The monoisotopic (exact) mass is 445 g/mol. The summed E-state index contributed by atoms with van der Waals surface area (Å²) >= 11 is 7.63. The lowest BCUT2D eigenvalue weighted by Crippen LogP contribution is -2.37. The maximum Gasteiger partial charge on any atom is 0.218 e. The molecule has 30 heavy (non-hydrogen) atoms. The van der Waals surface area contributed by atoms with Crippen LogP contribution in [0.2, 0.25) is 5.02 Å². The van der Waals surface area contributed by atoms with Crippen molar-refractivity contribution in [1.82, 2.24) is 0 Å². The molecule has 3 atom stereocenters. The van der Waals surface area contributed by atoms with Crippen molar-refractivity contribution < 1.29 is 14.4 Å². The average Bonchev–Trinajstić information content (AvgIpc) is 3.19. The number of primary amides is 1. The highest BCUT2D eigenvalue weighted by atomic mass is 35.5. The van der Waals surface area contributed by atoms with Crippen molar-refractivity contribution >= 4 is 40.4 Å². The first-order chi connectivity index (χ1) is 14.3. The number of hydrogen-bond acceptors (Lipinski definition) is 4. The number of thiophene rings is 1. The number of amides is 1. The van der Waals surface area contributed by atoms with Gasteiger partial charge in [0.25, 0.3) is 0 Å². The Morgan fingerprint density at radius 2 is 1.93 bits per heavy atom. The molecular weight excluding hydrogens is 418 g/mol. The van der Waals surface area contributed by atoms with Gasteiger partial charge in [-0.05, 0) is 60.7 Å². The van der Waals surface area contributed by atoms with Crippen molar-refractivity contribution in [2.45, 2.75) is 51.9 Å². The molecule has 1 amide bonds. The third-order valence-electron chi connectivity index (χ3n) is 6.22. The summed E-state index contributed by atoms with van der Waals surface area (Å²) < 4.78 is 0. The third-order valence-corrected chi connectivity index (χ3v) is 7.41. The highest BCUT2D eigenvalue weighted by molar-refractivity contribution is 7.09. The predicted octanol–water partition coefficient (Wildman–Crippen LogP) is 5.01. The second kappa shape index (κ2) is 9.88. The lowest BCUT2D eigenvalue weighted by atomic mass is 9.71. The van der Waals surface area contributed by atoms with Gasteiger partial charge in [0.15, 0.2) is 0 Å². The lowest BCUT2D eigenvalue weighted by Gasteiger charge is -2.31. The zero-order valence-electron chi connectivity index (χ0n) is 17.2. The summed E-state index contributed by atoms with van der Waals surface area (Å²) in [7, 11) is 0. The smallest absolute Gasteiger partial charge is 0.218 e. The Kier molecular flexibility index (Phi) is 7.48. The van der Waals surface area contributed by atoms with Crippen molar-refractivity contribution in [3.63, 3.8) is 0 Å². The van der Waals surface area contributed by atoms with Gasteiger partial charge < -0.3 is 5.73 Å². The minimum absolute atomic E-state index is 0.0114. The second-order valence-electron chi connectivity index (χ2n) is 8.63. The number of aryl methyl sites for hydroxylation is 2. The number of carbonyl (C=O) groups excluding carboxylic acids is 3. The molecule has 1 aliphatic carbocycles. The topological polar surface area (TPSA) is 77.2 Å². The first-order valence-corrected chi connectivity index (χ1v) is 11.6. The summed E-state index contributed by atoms with van der Waals surface area (Å²) in [4.78, 5) is 39.4. The quantitative estimate of drug-likeness (QED) is 0.580. The van der Waals surface area contributed by atoms with E-state index in [4.69, 9.17) is 17.3 Å². The summed E-state index contributed by atoms with van der Waals surface area (Å²) in [6.07, 6.45) is 3.33. The Labute approximate surface area is 186 Å². The van der Waals surface area contributed by atoms with E-state index in [9.17, 15) is 14.4 Å². The number of hydrogen-bond donors (Lipinski definition) is 1. The first kappa shape index (κ1) is 22.7. The molecule has 1 saturated carbocycles. The zero-order chi connectivity index (χ0) is 21.7. The molecule has 3 rings (SSSR count). The van der Waals surface area contributed by atoms with Gasteiger partial charge in [-0.3, -0.25) is 14.4 Å². The van der Waals surface area contributed by atoms with Crippen LogP contribution in [0.3, 0.4) is 0 Å². The van der Waals surface area contributed by atoms with E-state index in [1.54, 1.807) is 11.3 Å². The van der Waals surface area contributed by atoms with Gasteiger partial charge in [0.1, 0.15) is 11.6 Å². The Balaban J connectivity index is 1.78. The van der Waals surface area contributed by atoms with Gasteiger partial charge >= 0.3 is 0 Å². The number of benzene rings is 1. The van der Waals surface area contributed by atoms with Gasteiger partial charge in [-0.1, -0.05) is 36.7 Å². The van der Waals surface area contributed by atoms with Crippen LogP contribution in [0.15, 0.2) is 41.8 Å². The largest absolute Gasteiger partial charge is 0.370 e. The van der Waals surface area contributed by atoms with Gasteiger partial charge in [-0.2, -0.15) is 0 Å². The van der Waals surface area contributed by atoms with Crippen LogP contribution in [0.5, 0.6) is 0 Å². The Hall–Kier alpha value is -1.98. The molecule has 1 fully saturated rings. The van der Waals surface area contributed by atoms with Crippen LogP contribution in [0.25, 0.3) is 0 Å². The number of rotatable bonds is 8. The van der Waals surface area contributed by atoms with E-state index < -0.39 is 17.2 Å². The molecule has 0 spiro atoms. The van der Waals surface area contributed by atoms with Crippen molar-refractivity contribution in [3.05, 3.63) is 57.2 Å². The third kappa shape index (κ3) is 5.79. The summed E-state index contributed by atoms with van der Waals surface area (Å²) in [5.41, 5.74) is 5.80. The fourth-order valence-electron chi connectivity index (χ4n) is 4.54. The molecule has 160 valence electrons. The Morgan fingerprint density at radius 1 is 1.20 bits per heavy atom. The van der Waals surface area contributed by atoms with Crippen molar-refractivity contribution in [2.24, 2.45) is 23.0 Å².